The van der Waals surface area contributed by atoms with E-state index in [2.05, 4.69) is 0 Å². The van der Waals surface area contributed by atoms with Crippen LogP contribution in [0.15, 0.2) is 54.6 Å². The van der Waals surface area contributed by atoms with Crippen molar-refractivity contribution in [3.05, 3.63) is 86.0 Å². The van der Waals surface area contributed by atoms with Crippen LogP contribution >= 0.6 is 7.60 Å². The van der Waals surface area contributed by atoms with Crippen LogP contribution in [0.2, 0.25) is 0 Å². The van der Waals surface area contributed by atoms with Crippen molar-refractivity contribution in [3.8, 4) is 0 Å². The van der Waals surface area contributed by atoms with Crippen LogP contribution < -0.4 is 0 Å². The summed E-state index contributed by atoms with van der Waals surface area (Å²) < 4.78 is 24.8. The molecule has 0 N–H and O–H groups in total. The first kappa shape index (κ1) is 22.7. The lowest BCUT2D eigenvalue weighted by Gasteiger charge is -2.31. The average molecular weight is 422 g/mol. The van der Waals surface area contributed by atoms with Crippen molar-refractivity contribution in [1.82, 2.24) is 0 Å². The molecule has 2 rings (SSSR count). The highest BCUT2D eigenvalue weighted by atomic mass is 31.2. The molecule has 156 valence electrons. The molecule has 0 fully saturated rings. The van der Waals surface area contributed by atoms with Crippen LogP contribution in [0.3, 0.4) is 0 Å². The van der Waals surface area contributed by atoms with Crippen molar-refractivity contribution in [2.75, 3.05) is 19.8 Å². The Balaban J connectivity index is 2.64. The van der Waals surface area contributed by atoms with Crippen molar-refractivity contribution in [2.45, 2.75) is 25.4 Å². The van der Waals surface area contributed by atoms with Crippen molar-refractivity contribution in [1.29, 1.82) is 0 Å². The zero-order chi connectivity index (χ0) is 21.4. The maximum Gasteiger partial charge on any atom is 0.338 e. The quantitative estimate of drug-likeness (QED) is 0.285. The van der Waals surface area contributed by atoms with Crippen LogP contribution in [-0.2, 0) is 13.6 Å². The Labute approximate surface area is 168 Å². The van der Waals surface area contributed by atoms with Gasteiger partial charge in [0.2, 0.25) is 6.54 Å². The maximum absolute atomic E-state index is 13.7. The average Bonchev–Trinajstić information content (AvgIpc) is 2.68. The second-order valence-corrected chi connectivity index (χ2v) is 8.35. The van der Waals surface area contributed by atoms with Crippen LogP contribution in [0.25, 0.3) is 0 Å². The van der Waals surface area contributed by atoms with Gasteiger partial charge in [-0.05, 0) is 25.0 Å². The van der Waals surface area contributed by atoms with Crippen LogP contribution in [-0.4, -0.2) is 29.6 Å². The van der Waals surface area contributed by atoms with Gasteiger partial charge < -0.3 is 9.05 Å². The minimum Gasteiger partial charge on any atom is -0.308 e. The van der Waals surface area contributed by atoms with E-state index in [9.17, 15) is 24.8 Å². The Hall–Kier alpha value is -2.61. The van der Waals surface area contributed by atoms with E-state index in [1.54, 1.807) is 44.2 Å². The molecule has 0 aromatic heterocycles. The molecule has 0 unspecified atom stereocenters. The molecule has 0 radical (unpaired) electrons. The van der Waals surface area contributed by atoms with Crippen molar-refractivity contribution in [3.63, 3.8) is 0 Å². The summed E-state index contributed by atoms with van der Waals surface area (Å²) in [6.07, 6.45) is 0. The number of rotatable bonds is 11. The van der Waals surface area contributed by atoms with Gasteiger partial charge >= 0.3 is 7.60 Å². The molecule has 0 saturated heterocycles. The molecule has 0 aliphatic carbocycles. The van der Waals surface area contributed by atoms with Gasteiger partial charge in [-0.3, -0.25) is 24.8 Å². The molecule has 0 bridgehead atoms. The number of nitro benzene ring substituents is 1. The molecule has 0 spiro atoms. The van der Waals surface area contributed by atoms with Crippen LogP contribution in [0, 0.1) is 20.2 Å². The summed E-state index contributed by atoms with van der Waals surface area (Å²) in [6, 6.07) is 14.1. The van der Waals surface area contributed by atoms with Crippen molar-refractivity contribution in [2.24, 2.45) is 0 Å². The van der Waals surface area contributed by atoms with E-state index < -0.39 is 35.6 Å². The monoisotopic (exact) mass is 422 g/mol. The van der Waals surface area contributed by atoms with E-state index in [0.717, 1.165) is 0 Å². The molecular formula is C19H23N2O7P. The van der Waals surface area contributed by atoms with E-state index in [0.29, 0.717) is 11.1 Å². The Morgan fingerprint density at radius 3 is 1.90 bits per heavy atom. The Morgan fingerprint density at radius 2 is 1.45 bits per heavy atom. The SMILES string of the molecule is CCOP(=O)(OCC)[C@@H](c1ccccc1)[C@@H](C[N+](=O)[O-])c1ccc([N+](=O)[O-])cc1. The molecule has 29 heavy (non-hydrogen) atoms. The lowest BCUT2D eigenvalue weighted by atomic mass is 9.91. The predicted octanol–water partition coefficient (Wildman–Crippen LogP) is 4.96. The fourth-order valence-corrected chi connectivity index (χ4v) is 5.59. The van der Waals surface area contributed by atoms with Crippen LogP contribution in [0.4, 0.5) is 5.69 Å². The third-order valence-corrected chi connectivity index (χ3v) is 6.93. The van der Waals surface area contributed by atoms with E-state index in [-0.39, 0.29) is 18.9 Å². The molecule has 2 aromatic carbocycles. The minimum absolute atomic E-state index is 0.103. The van der Waals surface area contributed by atoms with E-state index >= 15 is 0 Å². The summed E-state index contributed by atoms with van der Waals surface area (Å²) in [6.45, 7) is 3.00. The van der Waals surface area contributed by atoms with Gasteiger partial charge in [-0.1, -0.05) is 42.5 Å². The number of hydrogen-bond donors (Lipinski definition) is 0. The Morgan fingerprint density at radius 1 is 0.897 bits per heavy atom. The van der Waals surface area contributed by atoms with Gasteiger partial charge in [-0.25, -0.2) is 0 Å². The minimum atomic E-state index is -3.80. The Bertz CT molecular complexity index is 864. The van der Waals surface area contributed by atoms with Crippen molar-refractivity contribution >= 4 is 13.3 Å². The lowest BCUT2D eigenvalue weighted by Crippen LogP contribution is -2.22. The molecule has 10 heteroatoms. The van der Waals surface area contributed by atoms with Crippen LogP contribution in [0.5, 0.6) is 0 Å². The van der Waals surface area contributed by atoms with E-state index in [1.165, 1.54) is 24.3 Å². The van der Waals surface area contributed by atoms with Gasteiger partial charge in [-0.2, -0.15) is 0 Å². The Kier molecular flexibility index (Phi) is 8.01. The van der Waals surface area contributed by atoms with Gasteiger partial charge in [-0.15, -0.1) is 0 Å². The van der Waals surface area contributed by atoms with E-state index in [1.807, 2.05) is 0 Å². The number of nitrogens with zero attached hydrogens (tertiary/aromatic N) is 2. The highest BCUT2D eigenvalue weighted by Crippen LogP contribution is 2.65. The topological polar surface area (TPSA) is 122 Å². The fourth-order valence-electron chi connectivity index (χ4n) is 3.23. The number of non-ortho nitro benzene ring substituents is 1. The maximum atomic E-state index is 13.7. The van der Waals surface area contributed by atoms with Gasteiger partial charge in [0.1, 0.15) is 0 Å². The zero-order valence-electron chi connectivity index (χ0n) is 16.2. The van der Waals surface area contributed by atoms with Crippen LogP contribution in [0.1, 0.15) is 36.6 Å². The molecule has 2 atom stereocenters. The third-order valence-electron chi connectivity index (χ3n) is 4.36. The second-order valence-electron chi connectivity index (χ2n) is 6.20. The summed E-state index contributed by atoms with van der Waals surface area (Å²) in [5.74, 6) is -0.878. The third kappa shape index (κ3) is 5.69. The summed E-state index contributed by atoms with van der Waals surface area (Å²) >= 11 is 0. The standard InChI is InChI=1S/C19H23N2O7P/c1-3-27-29(26,28-4-2)19(16-8-6-5-7-9-16)18(14-20(22)23)15-10-12-17(13-11-15)21(24)25/h5-13,18-19H,3-4,14H2,1-2H3/t18-,19-/m0/s1. The molecule has 2 aromatic rings. The molecule has 0 amide bonds. The summed E-state index contributed by atoms with van der Waals surface area (Å²) in [5, 5.41) is 22.4. The van der Waals surface area contributed by atoms with Gasteiger partial charge in [0.15, 0.2) is 0 Å². The first-order valence-electron chi connectivity index (χ1n) is 9.12. The first-order chi connectivity index (χ1) is 13.8. The normalized spacial score (nSPS) is 13.6. The van der Waals surface area contributed by atoms with Gasteiger partial charge in [0.25, 0.3) is 5.69 Å². The van der Waals surface area contributed by atoms with Crippen molar-refractivity contribution < 1.29 is 23.5 Å². The fraction of sp³-hybridized carbons (Fsp3) is 0.368. The number of nitro groups is 2. The zero-order valence-corrected chi connectivity index (χ0v) is 17.1. The molecule has 0 aliphatic heterocycles. The largest absolute Gasteiger partial charge is 0.338 e. The highest BCUT2D eigenvalue weighted by Gasteiger charge is 2.45. The predicted molar refractivity (Wildman–Crippen MR) is 108 cm³/mol. The second kappa shape index (κ2) is 10.2. The molecule has 0 saturated carbocycles. The lowest BCUT2D eigenvalue weighted by molar-refractivity contribution is -0.483. The van der Waals surface area contributed by atoms with Gasteiger partial charge in [0.05, 0.1) is 29.7 Å². The number of hydrogen-bond acceptors (Lipinski definition) is 7. The smallest absolute Gasteiger partial charge is 0.308 e. The molecule has 0 aliphatic rings. The highest BCUT2D eigenvalue weighted by molar-refractivity contribution is 7.54. The van der Waals surface area contributed by atoms with E-state index in [4.69, 9.17) is 9.05 Å². The molecule has 0 heterocycles. The number of benzene rings is 2. The first-order valence-corrected chi connectivity index (χ1v) is 10.7. The molecular weight excluding hydrogens is 399 g/mol. The summed E-state index contributed by atoms with van der Waals surface area (Å²) in [4.78, 5) is 21.4. The van der Waals surface area contributed by atoms with Gasteiger partial charge in [0, 0.05) is 17.1 Å². The summed E-state index contributed by atoms with van der Waals surface area (Å²) in [5.41, 5.74) is -0.0677. The molecule has 9 nitrogen and oxygen atoms in total. The summed E-state index contributed by atoms with van der Waals surface area (Å²) in [7, 11) is -3.80.